The molecule has 0 atom stereocenters. The number of piperazine rings is 1. The molecule has 5 rings (SSSR count). The van der Waals surface area contributed by atoms with Gasteiger partial charge < -0.3 is 8.94 Å². The van der Waals surface area contributed by atoms with Crippen LogP contribution in [0.3, 0.4) is 0 Å². The lowest BCUT2D eigenvalue weighted by Gasteiger charge is -2.33. The van der Waals surface area contributed by atoms with Crippen molar-refractivity contribution in [3.8, 4) is 11.5 Å². The topological polar surface area (TPSA) is 80.0 Å². The van der Waals surface area contributed by atoms with Gasteiger partial charge in [-0.15, -0.1) is 11.3 Å². The van der Waals surface area contributed by atoms with Gasteiger partial charge in [-0.1, -0.05) is 5.16 Å². The zero-order chi connectivity index (χ0) is 18.9. The minimum absolute atomic E-state index is 0.0155. The van der Waals surface area contributed by atoms with Crippen LogP contribution in [0, 0.1) is 0 Å². The number of hydrogen-bond acceptors (Lipinski definition) is 8. The number of rotatable bonds is 5. The molecule has 0 aromatic carbocycles. The van der Waals surface area contributed by atoms with Crippen molar-refractivity contribution in [3.05, 3.63) is 63.8 Å². The molecular weight excluding hydrogens is 378 g/mol. The Balaban J connectivity index is 1.18. The summed E-state index contributed by atoms with van der Waals surface area (Å²) in [5.74, 6) is 1.34. The van der Waals surface area contributed by atoms with Crippen LogP contribution in [0.1, 0.15) is 11.4 Å². The largest absolute Gasteiger partial charge is 0.461 e. The lowest BCUT2D eigenvalue weighted by molar-refractivity contribution is 0.119. The molecule has 4 aromatic heterocycles. The van der Waals surface area contributed by atoms with E-state index in [1.54, 1.807) is 22.9 Å². The number of furan rings is 1. The number of fused-ring (bicyclic) bond motifs is 1. The number of thiazole rings is 1. The highest BCUT2D eigenvalue weighted by Gasteiger charge is 2.20. The van der Waals surface area contributed by atoms with Gasteiger partial charge in [0.25, 0.3) is 5.56 Å². The maximum absolute atomic E-state index is 12.1. The molecule has 1 saturated heterocycles. The Kier molecular flexibility index (Phi) is 4.55. The summed E-state index contributed by atoms with van der Waals surface area (Å²) in [5.41, 5.74) is 1.72. The van der Waals surface area contributed by atoms with Crippen molar-refractivity contribution in [2.75, 3.05) is 26.2 Å². The molecule has 0 bridgehead atoms. The predicted octanol–water partition coefficient (Wildman–Crippen LogP) is 2.32. The van der Waals surface area contributed by atoms with E-state index in [0.29, 0.717) is 18.1 Å². The molecule has 4 aromatic rings. The second-order valence-electron chi connectivity index (χ2n) is 6.85. The summed E-state index contributed by atoms with van der Waals surface area (Å²) in [6.07, 6.45) is 3.38. The number of aromatic nitrogens is 3. The van der Waals surface area contributed by atoms with Gasteiger partial charge in [-0.25, -0.2) is 4.98 Å². The van der Waals surface area contributed by atoms with Crippen molar-refractivity contribution in [2.24, 2.45) is 0 Å². The van der Waals surface area contributed by atoms with Crippen LogP contribution < -0.4 is 5.56 Å². The van der Waals surface area contributed by atoms with Gasteiger partial charge in [0, 0.05) is 63.0 Å². The Morgan fingerprint density at radius 2 is 1.82 bits per heavy atom. The molecule has 1 aliphatic rings. The first-order valence-electron chi connectivity index (χ1n) is 9.14. The van der Waals surface area contributed by atoms with Crippen molar-refractivity contribution in [3.63, 3.8) is 0 Å². The molecule has 0 saturated carbocycles. The predicted molar refractivity (Wildman–Crippen MR) is 104 cm³/mol. The smallest absolute Gasteiger partial charge is 0.258 e. The van der Waals surface area contributed by atoms with Crippen molar-refractivity contribution < 1.29 is 8.94 Å². The molecule has 28 heavy (non-hydrogen) atoms. The SMILES string of the molecule is O=c1cc(CN2CCN(Cc3cc(-c4ccco4)on3)CC2)nc2sccn12. The van der Waals surface area contributed by atoms with Gasteiger partial charge in [-0.2, -0.15) is 0 Å². The van der Waals surface area contributed by atoms with Gasteiger partial charge >= 0.3 is 0 Å². The summed E-state index contributed by atoms with van der Waals surface area (Å²) in [7, 11) is 0. The van der Waals surface area contributed by atoms with E-state index in [9.17, 15) is 4.79 Å². The molecule has 0 radical (unpaired) electrons. The van der Waals surface area contributed by atoms with Gasteiger partial charge in [0.1, 0.15) is 0 Å². The van der Waals surface area contributed by atoms with Gasteiger partial charge in [0.2, 0.25) is 5.76 Å². The van der Waals surface area contributed by atoms with E-state index < -0.39 is 0 Å². The first-order chi connectivity index (χ1) is 13.7. The highest BCUT2D eigenvalue weighted by Crippen LogP contribution is 2.21. The summed E-state index contributed by atoms with van der Waals surface area (Å²) < 4.78 is 12.3. The van der Waals surface area contributed by atoms with Gasteiger partial charge in [-0.05, 0) is 12.1 Å². The van der Waals surface area contributed by atoms with Crippen molar-refractivity contribution in [2.45, 2.75) is 13.1 Å². The number of nitrogens with zero attached hydrogens (tertiary/aromatic N) is 5. The third-order valence-corrected chi connectivity index (χ3v) is 5.67. The molecule has 0 N–H and O–H groups in total. The molecule has 0 amide bonds. The van der Waals surface area contributed by atoms with Crippen LogP contribution in [0.5, 0.6) is 0 Å². The summed E-state index contributed by atoms with van der Waals surface area (Å²) >= 11 is 1.48. The van der Waals surface area contributed by atoms with E-state index in [-0.39, 0.29) is 5.56 Å². The Hall–Kier alpha value is -2.75. The quantitative estimate of drug-likeness (QED) is 0.511. The second kappa shape index (κ2) is 7.34. The average molecular weight is 397 g/mol. The third-order valence-electron chi connectivity index (χ3n) is 4.92. The highest BCUT2D eigenvalue weighted by molar-refractivity contribution is 7.15. The normalized spacial score (nSPS) is 16.1. The minimum Gasteiger partial charge on any atom is -0.461 e. The molecular formula is C19H19N5O3S. The van der Waals surface area contributed by atoms with Crippen molar-refractivity contribution in [1.29, 1.82) is 0 Å². The number of hydrogen-bond donors (Lipinski definition) is 0. The standard InChI is InChI=1S/C19H19N5O3S/c25-18-11-14(20-19-24(18)7-9-28-19)12-22-3-5-23(6-4-22)13-15-10-17(27-21-15)16-2-1-8-26-16/h1-2,7-11H,3-6,12-13H2. The lowest BCUT2D eigenvalue weighted by atomic mass is 10.2. The summed E-state index contributed by atoms with van der Waals surface area (Å²) in [6, 6.07) is 7.25. The van der Waals surface area contributed by atoms with Crippen LogP contribution >= 0.6 is 11.3 Å². The fourth-order valence-electron chi connectivity index (χ4n) is 3.45. The molecule has 1 fully saturated rings. The minimum atomic E-state index is -0.0155. The maximum Gasteiger partial charge on any atom is 0.258 e. The molecule has 0 aliphatic carbocycles. The second-order valence-corrected chi connectivity index (χ2v) is 7.73. The van der Waals surface area contributed by atoms with E-state index in [0.717, 1.165) is 49.1 Å². The molecule has 0 spiro atoms. The van der Waals surface area contributed by atoms with Crippen LogP contribution in [0.15, 0.2) is 55.8 Å². The van der Waals surface area contributed by atoms with E-state index in [4.69, 9.17) is 8.94 Å². The Morgan fingerprint density at radius 3 is 2.57 bits per heavy atom. The summed E-state index contributed by atoms with van der Waals surface area (Å²) in [4.78, 5) is 22.2. The molecule has 5 heterocycles. The van der Waals surface area contributed by atoms with Crippen molar-refractivity contribution >= 4 is 16.3 Å². The zero-order valence-electron chi connectivity index (χ0n) is 15.2. The van der Waals surface area contributed by atoms with Crippen LogP contribution in [0.25, 0.3) is 16.5 Å². The summed E-state index contributed by atoms with van der Waals surface area (Å²) in [6.45, 7) is 5.16. The fraction of sp³-hybridized carbons (Fsp3) is 0.316. The van der Waals surface area contributed by atoms with E-state index in [1.807, 2.05) is 23.6 Å². The maximum atomic E-state index is 12.1. The lowest BCUT2D eigenvalue weighted by Crippen LogP contribution is -2.45. The molecule has 8 nitrogen and oxygen atoms in total. The zero-order valence-corrected chi connectivity index (χ0v) is 16.0. The Morgan fingerprint density at radius 1 is 1.04 bits per heavy atom. The third kappa shape index (κ3) is 3.51. The molecule has 0 unspecified atom stereocenters. The molecule has 144 valence electrons. The van der Waals surface area contributed by atoms with E-state index in [1.165, 1.54) is 11.3 Å². The summed E-state index contributed by atoms with van der Waals surface area (Å²) in [5, 5.41) is 6.03. The van der Waals surface area contributed by atoms with E-state index in [2.05, 4.69) is 19.9 Å². The van der Waals surface area contributed by atoms with Gasteiger partial charge in [0.15, 0.2) is 10.7 Å². The van der Waals surface area contributed by atoms with E-state index >= 15 is 0 Å². The van der Waals surface area contributed by atoms with Gasteiger partial charge in [0.05, 0.1) is 17.7 Å². The fourth-order valence-corrected chi connectivity index (χ4v) is 4.19. The monoisotopic (exact) mass is 397 g/mol. The Labute approximate surface area is 164 Å². The van der Waals surface area contributed by atoms with Crippen LogP contribution in [-0.4, -0.2) is 50.5 Å². The van der Waals surface area contributed by atoms with Crippen LogP contribution in [0.2, 0.25) is 0 Å². The van der Waals surface area contributed by atoms with Gasteiger partial charge in [-0.3, -0.25) is 19.0 Å². The first-order valence-corrected chi connectivity index (χ1v) is 10.0. The highest BCUT2D eigenvalue weighted by atomic mass is 32.1. The Bertz CT molecular complexity index is 1120. The molecule has 1 aliphatic heterocycles. The average Bonchev–Trinajstić information content (AvgIpc) is 3.44. The van der Waals surface area contributed by atoms with Crippen molar-refractivity contribution in [1.82, 2.24) is 24.3 Å². The van der Waals surface area contributed by atoms with Crippen LogP contribution in [-0.2, 0) is 13.1 Å². The molecule has 9 heteroatoms. The van der Waals surface area contributed by atoms with Crippen LogP contribution in [0.4, 0.5) is 0 Å². The first kappa shape index (κ1) is 17.4.